The van der Waals surface area contributed by atoms with E-state index in [-0.39, 0.29) is 12.1 Å². The van der Waals surface area contributed by atoms with Gasteiger partial charge in [0, 0.05) is 19.1 Å². The molecular weight excluding hydrogens is 244 g/mol. The van der Waals surface area contributed by atoms with Crippen molar-refractivity contribution in [1.82, 2.24) is 9.88 Å². The van der Waals surface area contributed by atoms with Gasteiger partial charge in [-0.15, -0.1) is 0 Å². The summed E-state index contributed by atoms with van der Waals surface area (Å²) in [5.74, 6) is 0. The molecule has 1 aliphatic heterocycles. The number of nitrogens with zero attached hydrogens (tertiary/aromatic N) is 3. The highest BCUT2D eigenvalue weighted by Crippen LogP contribution is 2.16. The molecule has 1 saturated heterocycles. The maximum atomic E-state index is 11.5. The van der Waals surface area contributed by atoms with Crippen molar-refractivity contribution in [2.75, 3.05) is 25.5 Å². The van der Waals surface area contributed by atoms with E-state index in [0.717, 1.165) is 25.1 Å². The first-order valence-corrected chi connectivity index (χ1v) is 6.18. The maximum absolute atomic E-state index is 11.5. The molecule has 0 radical (unpaired) electrons. The quantitative estimate of drug-likeness (QED) is 0.873. The van der Waals surface area contributed by atoms with E-state index in [1.165, 1.54) is 7.11 Å². The molecule has 6 heteroatoms. The van der Waals surface area contributed by atoms with Gasteiger partial charge in [0.25, 0.3) is 0 Å². The summed E-state index contributed by atoms with van der Waals surface area (Å²) in [5.41, 5.74) is 1.25. The fourth-order valence-electron chi connectivity index (χ4n) is 2.17. The van der Waals surface area contributed by atoms with Gasteiger partial charge in [-0.25, -0.2) is 9.78 Å². The smallest absolute Gasteiger partial charge is 0.409 e. The lowest BCUT2D eigenvalue weighted by Gasteiger charge is -2.32. The largest absolute Gasteiger partial charge is 0.453 e. The predicted octanol–water partition coefficient (Wildman–Crippen LogP) is 1.60. The number of methoxy groups -OCH3 is 1. The van der Waals surface area contributed by atoms with Gasteiger partial charge in [0.1, 0.15) is 11.8 Å². The van der Waals surface area contributed by atoms with Gasteiger partial charge in [-0.05, 0) is 25.0 Å². The Morgan fingerprint density at radius 3 is 3.11 bits per heavy atom. The molecule has 0 bridgehead atoms. The van der Waals surface area contributed by atoms with Crippen molar-refractivity contribution in [2.45, 2.75) is 18.9 Å². The number of anilines is 1. The Labute approximate surface area is 112 Å². The molecule has 0 aliphatic carbocycles. The van der Waals surface area contributed by atoms with Crippen LogP contribution >= 0.6 is 0 Å². The highest BCUT2D eigenvalue weighted by molar-refractivity contribution is 5.67. The predicted molar refractivity (Wildman–Crippen MR) is 69.6 cm³/mol. The monoisotopic (exact) mass is 260 g/mol. The van der Waals surface area contributed by atoms with Crippen LogP contribution in [0.5, 0.6) is 0 Å². The van der Waals surface area contributed by atoms with Crippen LogP contribution < -0.4 is 5.32 Å². The Bertz CT molecular complexity index is 480. The fourth-order valence-corrected chi connectivity index (χ4v) is 2.17. The lowest BCUT2D eigenvalue weighted by atomic mass is 10.1. The first-order chi connectivity index (χ1) is 9.22. The normalized spacial score (nSPS) is 18.5. The molecule has 2 heterocycles. The van der Waals surface area contributed by atoms with Crippen LogP contribution in [-0.4, -0.2) is 42.2 Å². The summed E-state index contributed by atoms with van der Waals surface area (Å²) in [6.45, 7) is 1.35. The molecule has 1 atom stereocenters. The van der Waals surface area contributed by atoms with E-state index >= 15 is 0 Å². The molecule has 6 nitrogen and oxygen atoms in total. The van der Waals surface area contributed by atoms with Crippen LogP contribution in [0.25, 0.3) is 0 Å². The Kier molecular flexibility index (Phi) is 4.18. The number of ether oxygens (including phenoxy) is 1. The SMILES string of the molecule is COC(=O)N1CCC[C@@H](Nc2ccc(C#N)nc2)C1. The number of hydrogen-bond donors (Lipinski definition) is 1. The van der Waals surface area contributed by atoms with Crippen LogP contribution in [-0.2, 0) is 4.74 Å². The number of rotatable bonds is 2. The molecular formula is C13H16N4O2. The summed E-state index contributed by atoms with van der Waals surface area (Å²) in [6, 6.07) is 5.65. The van der Waals surface area contributed by atoms with Gasteiger partial charge >= 0.3 is 6.09 Å². The maximum Gasteiger partial charge on any atom is 0.409 e. The van der Waals surface area contributed by atoms with Crippen molar-refractivity contribution < 1.29 is 9.53 Å². The van der Waals surface area contributed by atoms with Gasteiger partial charge in [0.05, 0.1) is 19.0 Å². The van der Waals surface area contributed by atoms with Gasteiger partial charge in [0.15, 0.2) is 0 Å². The van der Waals surface area contributed by atoms with E-state index in [2.05, 4.69) is 10.3 Å². The van der Waals surface area contributed by atoms with E-state index < -0.39 is 0 Å². The second kappa shape index (κ2) is 6.05. The molecule has 1 aromatic rings. The number of pyridine rings is 1. The Morgan fingerprint density at radius 1 is 1.63 bits per heavy atom. The third-order valence-corrected chi connectivity index (χ3v) is 3.10. The minimum Gasteiger partial charge on any atom is -0.453 e. The van der Waals surface area contributed by atoms with Gasteiger partial charge in [0.2, 0.25) is 0 Å². The van der Waals surface area contributed by atoms with Crippen LogP contribution in [0.15, 0.2) is 18.3 Å². The van der Waals surface area contributed by atoms with Gasteiger partial charge in [-0.3, -0.25) is 0 Å². The number of hydrogen-bond acceptors (Lipinski definition) is 5. The zero-order valence-electron chi connectivity index (χ0n) is 10.8. The van der Waals surface area contributed by atoms with Gasteiger partial charge in [-0.1, -0.05) is 0 Å². The molecule has 0 saturated carbocycles. The number of carbonyl (C=O) groups is 1. The molecule has 1 amide bonds. The topological polar surface area (TPSA) is 78.2 Å². The van der Waals surface area contributed by atoms with Crippen LogP contribution in [0, 0.1) is 11.3 Å². The van der Waals surface area contributed by atoms with E-state index in [1.807, 2.05) is 12.1 Å². The standard InChI is InChI=1S/C13H16N4O2/c1-19-13(18)17-6-2-3-12(9-17)16-11-5-4-10(7-14)15-8-11/h4-5,8,12,16H,2-3,6,9H2,1H3/t12-/m1/s1. The zero-order chi connectivity index (χ0) is 13.7. The minimum atomic E-state index is -0.288. The minimum absolute atomic E-state index is 0.183. The third-order valence-electron chi connectivity index (χ3n) is 3.10. The Hall–Kier alpha value is -2.29. The van der Waals surface area contributed by atoms with Crippen molar-refractivity contribution in [3.05, 3.63) is 24.0 Å². The highest BCUT2D eigenvalue weighted by atomic mass is 16.5. The first kappa shape index (κ1) is 13.1. The van der Waals surface area contributed by atoms with Gasteiger partial charge < -0.3 is 15.0 Å². The summed E-state index contributed by atoms with van der Waals surface area (Å²) < 4.78 is 4.73. The molecule has 1 fully saturated rings. The molecule has 1 N–H and O–H groups in total. The van der Waals surface area contributed by atoms with Crippen LogP contribution in [0.4, 0.5) is 10.5 Å². The van der Waals surface area contributed by atoms with Crippen LogP contribution in [0.2, 0.25) is 0 Å². The van der Waals surface area contributed by atoms with Crippen molar-refractivity contribution in [3.63, 3.8) is 0 Å². The highest BCUT2D eigenvalue weighted by Gasteiger charge is 2.23. The van der Waals surface area contributed by atoms with E-state index in [4.69, 9.17) is 10.00 Å². The molecule has 1 aliphatic rings. The summed E-state index contributed by atoms with van der Waals surface area (Å²) in [4.78, 5) is 17.2. The van der Waals surface area contributed by atoms with Crippen molar-refractivity contribution in [3.8, 4) is 6.07 Å². The number of carbonyl (C=O) groups excluding carboxylic acids is 1. The van der Waals surface area contributed by atoms with E-state index in [0.29, 0.717) is 12.2 Å². The van der Waals surface area contributed by atoms with Gasteiger partial charge in [-0.2, -0.15) is 5.26 Å². The molecule has 19 heavy (non-hydrogen) atoms. The summed E-state index contributed by atoms with van der Waals surface area (Å²) in [7, 11) is 1.39. The molecule has 2 rings (SSSR count). The number of amides is 1. The summed E-state index contributed by atoms with van der Waals surface area (Å²) >= 11 is 0. The molecule has 100 valence electrons. The second-order valence-corrected chi connectivity index (χ2v) is 4.44. The number of likely N-dealkylation sites (tertiary alicyclic amines) is 1. The molecule has 0 spiro atoms. The van der Waals surface area contributed by atoms with Crippen LogP contribution in [0.3, 0.4) is 0 Å². The lowest BCUT2D eigenvalue weighted by molar-refractivity contribution is 0.113. The Morgan fingerprint density at radius 2 is 2.47 bits per heavy atom. The average Bonchev–Trinajstić information content (AvgIpc) is 2.47. The molecule has 0 unspecified atom stereocenters. The van der Waals surface area contributed by atoms with Crippen molar-refractivity contribution in [1.29, 1.82) is 5.26 Å². The van der Waals surface area contributed by atoms with Crippen molar-refractivity contribution >= 4 is 11.8 Å². The number of nitriles is 1. The molecule has 1 aromatic heterocycles. The first-order valence-electron chi connectivity index (χ1n) is 6.18. The average molecular weight is 260 g/mol. The molecule has 0 aromatic carbocycles. The number of aromatic nitrogens is 1. The third kappa shape index (κ3) is 3.35. The van der Waals surface area contributed by atoms with E-state index in [9.17, 15) is 4.79 Å². The number of nitrogens with one attached hydrogen (secondary N) is 1. The van der Waals surface area contributed by atoms with E-state index in [1.54, 1.807) is 17.2 Å². The van der Waals surface area contributed by atoms with Crippen LogP contribution in [0.1, 0.15) is 18.5 Å². The Balaban J connectivity index is 1.94. The summed E-state index contributed by atoms with van der Waals surface area (Å²) in [5, 5.41) is 12.0. The van der Waals surface area contributed by atoms with Crippen molar-refractivity contribution in [2.24, 2.45) is 0 Å². The lowest BCUT2D eigenvalue weighted by Crippen LogP contribution is -2.45. The number of piperidine rings is 1. The second-order valence-electron chi connectivity index (χ2n) is 4.44. The fraction of sp³-hybridized carbons (Fsp3) is 0.462. The zero-order valence-corrected chi connectivity index (χ0v) is 10.8. The summed E-state index contributed by atoms with van der Waals surface area (Å²) in [6.07, 6.45) is 3.28.